The predicted molar refractivity (Wildman–Crippen MR) is 107 cm³/mol. The number of carbonyl (C=O) groups excluding carboxylic acids is 1. The van der Waals surface area contributed by atoms with Crippen LogP contribution >= 0.6 is 0 Å². The molecule has 0 N–H and O–H groups in total. The number of amides is 1. The highest BCUT2D eigenvalue weighted by Crippen LogP contribution is 2.18. The molecule has 1 saturated heterocycles. The Morgan fingerprint density at radius 1 is 1.18 bits per heavy atom. The van der Waals surface area contributed by atoms with Crippen LogP contribution in [-0.2, 0) is 16.1 Å². The molecular weight excluding hydrogens is 354 g/mol. The Hall–Kier alpha value is -3.04. The Labute approximate surface area is 165 Å². The number of nitrogens with zero attached hydrogens (tertiary/aromatic N) is 3. The van der Waals surface area contributed by atoms with E-state index in [9.17, 15) is 4.79 Å². The number of anilines is 1. The fourth-order valence-electron chi connectivity index (χ4n) is 3.16. The quantitative estimate of drug-likeness (QED) is 0.772. The van der Waals surface area contributed by atoms with Crippen LogP contribution in [0.4, 0.5) is 5.69 Å². The third-order valence-corrected chi connectivity index (χ3v) is 4.75. The summed E-state index contributed by atoms with van der Waals surface area (Å²) >= 11 is 0. The molecule has 146 valence electrons. The molecule has 2 aromatic carbocycles. The molecule has 6 nitrogen and oxygen atoms in total. The molecule has 0 spiro atoms. The summed E-state index contributed by atoms with van der Waals surface area (Å²) in [6.07, 6.45) is -0.606. The molecule has 1 atom stereocenters. The molecule has 0 radical (unpaired) electrons. The van der Waals surface area contributed by atoms with Gasteiger partial charge in [-0.1, -0.05) is 12.1 Å². The number of rotatable bonds is 6. The number of morpholine rings is 1. The largest absolute Gasteiger partial charge is 0.481 e. The Balaban J connectivity index is 1.54. The van der Waals surface area contributed by atoms with Crippen molar-refractivity contribution in [1.29, 1.82) is 5.26 Å². The van der Waals surface area contributed by atoms with E-state index in [-0.39, 0.29) is 5.91 Å². The summed E-state index contributed by atoms with van der Waals surface area (Å²) in [7, 11) is 1.77. The fourth-order valence-corrected chi connectivity index (χ4v) is 3.16. The lowest BCUT2D eigenvalue weighted by atomic mass is 10.1. The molecule has 0 saturated carbocycles. The van der Waals surface area contributed by atoms with Crippen molar-refractivity contribution in [3.63, 3.8) is 0 Å². The molecule has 1 heterocycles. The maximum Gasteiger partial charge on any atom is 0.263 e. The molecule has 0 aliphatic carbocycles. The van der Waals surface area contributed by atoms with Gasteiger partial charge in [0.25, 0.3) is 5.91 Å². The van der Waals surface area contributed by atoms with Gasteiger partial charge < -0.3 is 19.3 Å². The number of benzene rings is 2. The summed E-state index contributed by atoms with van der Waals surface area (Å²) in [5.74, 6) is 0.477. The van der Waals surface area contributed by atoms with Gasteiger partial charge in [0.2, 0.25) is 0 Å². The highest BCUT2D eigenvalue weighted by atomic mass is 16.5. The zero-order valence-electron chi connectivity index (χ0n) is 16.3. The van der Waals surface area contributed by atoms with E-state index < -0.39 is 6.10 Å². The monoisotopic (exact) mass is 379 g/mol. The minimum absolute atomic E-state index is 0.0957. The highest BCUT2D eigenvalue weighted by Gasteiger charge is 2.19. The van der Waals surface area contributed by atoms with Gasteiger partial charge in [-0.25, -0.2) is 0 Å². The van der Waals surface area contributed by atoms with Gasteiger partial charge in [0.1, 0.15) is 5.75 Å². The Kier molecular flexibility index (Phi) is 6.51. The predicted octanol–water partition coefficient (Wildman–Crippen LogP) is 2.82. The molecule has 1 aliphatic rings. The molecule has 3 rings (SSSR count). The molecule has 1 fully saturated rings. The topological polar surface area (TPSA) is 65.8 Å². The first-order valence-corrected chi connectivity index (χ1v) is 9.40. The second-order valence-corrected chi connectivity index (χ2v) is 6.86. The lowest BCUT2D eigenvalue weighted by Gasteiger charge is -2.29. The minimum atomic E-state index is -0.606. The average Bonchev–Trinajstić information content (AvgIpc) is 2.74. The fraction of sp³-hybridized carbons (Fsp3) is 0.364. The summed E-state index contributed by atoms with van der Waals surface area (Å²) in [6.45, 7) is 5.58. The van der Waals surface area contributed by atoms with Crippen LogP contribution in [0, 0.1) is 11.3 Å². The zero-order chi connectivity index (χ0) is 19.9. The van der Waals surface area contributed by atoms with Crippen LogP contribution in [-0.4, -0.2) is 50.3 Å². The van der Waals surface area contributed by atoms with Crippen LogP contribution < -0.4 is 9.64 Å². The van der Waals surface area contributed by atoms with E-state index in [4.69, 9.17) is 14.7 Å². The van der Waals surface area contributed by atoms with Crippen LogP contribution in [0.3, 0.4) is 0 Å². The van der Waals surface area contributed by atoms with Crippen LogP contribution in [0.1, 0.15) is 18.1 Å². The first kappa shape index (κ1) is 19.7. The highest BCUT2D eigenvalue weighted by molar-refractivity contribution is 5.80. The molecule has 0 aromatic heterocycles. The maximum atomic E-state index is 12.6. The van der Waals surface area contributed by atoms with Crippen molar-refractivity contribution >= 4 is 11.6 Å². The van der Waals surface area contributed by atoms with E-state index >= 15 is 0 Å². The summed E-state index contributed by atoms with van der Waals surface area (Å²) in [5.41, 5.74) is 2.81. The Morgan fingerprint density at radius 3 is 2.43 bits per heavy atom. The standard InChI is InChI=1S/C22H25N3O3/c1-17(28-21-9-5-18(15-23)6-10-21)22(26)24(2)16-19-3-7-20(8-4-19)25-11-13-27-14-12-25/h3-10,17H,11-14,16H2,1-2H3/t17-/m1/s1. The third-order valence-electron chi connectivity index (χ3n) is 4.75. The minimum Gasteiger partial charge on any atom is -0.481 e. The summed E-state index contributed by atoms with van der Waals surface area (Å²) in [5, 5.41) is 8.84. The average molecular weight is 379 g/mol. The molecule has 1 aliphatic heterocycles. The van der Waals surface area contributed by atoms with Gasteiger partial charge in [-0.15, -0.1) is 0 Å². The maximum absolute atomic E-state index is 12.6. The number of nitriles is 1. The van der Waals surface area contributed by atoms with Crippen molar-refractivity contribution in [2.75, 3.05) is 38.3 Å². The molecular formula is C22H25N3O3. The molecule has 6 heteroatoms. The smallest absolute Gasteiger partial charge is 0.263 e. The van der Waals surface area contributed by atoms with Crippen LogP contribution in [0.2, 0.25) is 0 Å². The van der Waals surface area contributed by atoms with Gasteiger partial charge >= 0.3 is 0 Å². The van der Waals surface area contributed by atoms with Crippen molar-refractivity contribution in [1.82, 2.24) is 4.90 Å². The SMILES string of the molecule is C[C@@H](Oc1ccc(C#N)cc1)C(=O)N(C)Cc1ccc(N2CCOCC2)cc1. The van der Waals surface area contributed by atoms with Crippen molar-refractivity contribution in [2.45, 2.75) is 19.6 Å². The van der Waals surface area contributed by atoms with Crippen LogP contribution in [0.25, 0.3) is 0 Å². The second kappa shape index (κ2) is 9.25. The van der Waals surface area contributed by atoms with E-state index in [1.807, 2.05) is 0 Å². The van der Waals surface area contributed by atoms with Crippen LogP contribution in [0.5, 0.6) is 5.75 Å². The van der Waals surface area contributed by atoms with E-state index in [1.165, 1.54) is 5.69 Å². The van der Waals surface area contributed by atoms with Gasteiger partial charge in [-0.2, -0.15) is 5.26 Å². The van der Waals surface area contributed by atoms with E-state index in [0.717, 1.165) is 31.9 Å². The lowest BCUT2D eigenvalue weighted by molar-refractivity contribution is -0.137. The summed E-state index contributed by atoms with van der Waals surface area (Å²) < 4.78 is 11.1. The van der Waals surface area contributed by atoms with Crippen molar-refractivity contribution in [3.05, 3.63) is 59.7 Å². The Morgan fingerprint density at radius 2 is 1.82 bits per heavy atom. The van der Waals surface area contributed by atoms with Gasteiger partial charge in [0, 0.05) is 32.4 Å². The van der Waals surface area contributed by atoms with E-state index in [0.29, 0.717) is 17.9 Å². The lowest BCUT2D eigenvalue weighted by Crippen LogP contribution is -2.37. The van der Waals surface area contributed by atoms with Crippen molar-refractivity contribution in [3.8, 4) is 11.8 Å². The van der Waals surface area contributed by atoms with Gasteiger partial charge in [0.15, 0.2) is 6.10 Å². The number of hydrogen-bond acceptors (Lipinski definition) is 5. The third kappa shape index (κ3) is 5.02. The number of carbonyl (C=O) groups is 1. The molecule has 0 bridgehead atoms. The van der Waals surface area contributed by atoms with Crippen LogP contribution in [0.15, 0.2) is 48.5 Å². The summed E-state index contributed by atoms with van der Waals surface area (Å²) in [4.78, 5) is 16.6. The van der Waals surface area contributed by atoms with Crippen molar-refractivity contribution in [2.24, 2.45) is 0 Å². The molecule has 1 amide bonds. The zero-order valence-corrected chi connectivity index (χ0v) is 16.3. The Bertz CT molecular complexity index is 822. The number of likely N-dealkylation sites (N-methyl/N-ethyl adjacent to an activating group) is 1. The second-order valence-electron chi connectivity index (χ2n) is 6.86. The van der Waals surface area contributed by atoms with Gasteiger partial charge in [-0.05, 0) is 48.9 Å². The summed E-state index contributed by atoms with van der Waals surface area (Å²) in [6, 6.07) is 17.1. The number of hydrogen-bond donors (Lipinski definition) is 0. The first-order valence-electron chi connectivity index (χ1n) is 9.40. The van der Waals surface area contributed by atoms with E-state index in [2.05, 4.69) is 35.2 Å². The molecule has 28 heavy (non-hydrogen) atoms. The molecule has 2 aromatic rings. The normalized spacial score (nSPS) is 14.8. The number of ether oxygens (including phenoxy) is 2. The van der Waals surface area contributed by atoms with Crippen molar-refractivity contribution < 1.29 is 14.3 Å². The van der Waals surface area contributed by atoms with Gasteiger partial charge in [-0.3, -0.25) is 4.79 Å². The first-order chi connectivity index (χ1) is 13.6. The molecule has 0 unspecified atom stereocenters. The van der Waals surface area contributed by atoms with Gasteiger partial charge in [0.05, 0.1) is 24.8 Å². The van der Waals surface area contributed by atoms with E-state index in [1.54, 1.807) is 43.1 Å².